The second-order valence-electron chi connectivity index (χ2n) is 7.63. The fourth-order valence-corrected chi connectivity index (χ4v) is 3.24. The van der Waals surface area contributed by atoms with Crippen LogP contribution in [0.3, 0.4) is 0 Å². The molecule has 0 aliphatic heterocycles. The third-order valence-electron chi connectivity index (χ3n) is 5.17. The van der Waals surface area contributed by atoms with Crippen molar-refractivity contribution in [1.82, 2.24) is 15.0 Å². The van der Waals surface area contributed by atoms with Crippen LogP contribution in [0.5, 0.6) is 5.88 Å². The number of carbonyl (C=O) groups excluding carboxylic acids is 1. The number of anilines is 1. The number of hydrogen-bond acceptors (Lipinski definition) is 7. The van der Waals surface area contributed by atoms with E-state index in [9.17, 15) is 31.9 Å². The number of ether oxygens (including phenoxy) is 1. The van der Waals surface area contributed by atoms with Gasteiger partial charge in [0.15, 0.2) is 0 Å². The van der Waals surface area contributed by atoms with Crippen LogP contribution in [0.15, 0.2) is 36.8 Å². The van der Waals surface area contributed by atoms with Gasteiger partial charge in [0.2, 0.25) is 5.88 Å². The minimum absolute atomic E-state index is 0.0394. The number of aliphatic hydroxyl groups excluding tert-OH is 1. The molecule has 0 saturated heterocycles. The lowest BCUT2D eigenvalue weighted by molar-refractivity contribution is -0.137. The lowest BCUT2D eigenvalue weighted by atomic mass is 9.99. The number of rotatable bonds is 9. The van der Waals surface area contributed by atoms with Gasteiger partial charge in [-0.15, -0.1) is 0 Å². The smallest absolute Gasteiger partial charge is 0.418 e. The molecule has 0 bridgehead atoms. The number of carbonyl (C=O) groups is 1. The van der Waals surface area contributed by atoms with Crippen molar-refractivity contribution < 1.29 is 36.6 Å². The fourth-order valence-electron chi connectivity index (χ4n) is 3.24. The summed E-state index contributed by atoms with van der Waals surface area (Å²) in [6.45, 7) is 1.32. The van der Waals surface area contributed by atoms with Crippen molar-refractivity contribution in [3.05, 3.63) is 65.2 Å². The van der Waals surface area contributed by atoms with E-state index in [0.29, 0.717) is 6.07 Å². The molecule has 0 aliphatic rings. The first kappa shape index (κ1) is 26.9. The predicted octanol–water partition coefficient (Wildman–Crippen LogP) is 3.60. The number of benzene rings is 1. The van der Waals surface area contributed by atoms with Gasteiger partial charge in [-0.05, 0) is 30.2 Å². The summed E-state index contributed by atoms with van der Waals surface area (Å²) in [5, 5.41) is 11.7. The number of hydrogen-bond donors (Lipinski definition) is 3. The van der Waals surface area contributed by atoms with Crippen molar-refractivity contribution in [2.75, 3.05) is 25.1 Å². The summed E-state index contributed by atoms with van der Waals surface area (Å²) in [5.41, 5.74) is 1.43. The van der Waals surface area contributed by atoms with E-state index in [-0.39, 0.29) is 43.3 Å². The third kappa shape index (κ3) is 5.91. The van der Waals surface area contributed by atoms with E-state index in [2.05, 4.69) is 20.3 Å². The van der Waals surface area contributed by atoms with Crippen LogP contribution in [0.4, 0.5) is 27.6 Å². The molecule has 0 saturated carbocycles. The van der Waals surface area contributed by atoms with E-state index in [0.717, 1.165) is 24.5 Å². The van der Waals surface area contributed by atoms with Gasteiger partial charge in [0, 0.05) is 12.5 Å². The van der Waals surface area contributed by atoms with Crippen LogP contribution in [0.1, 0.15) is 28.5 Å². The van der Waals surface area contributed by atoms with Gasteiger partial charge >= 0.3 is 6.18 Å². The van der Waals surface area contributed by atoms with Gasteiger partial charge in [-0.3, -0.25) is 4.79 Å². The van der Waals surface area contributed by atoms with Gasteiger partial charge in [-0.25, -0.2) is 18.7 Å². The van der Waals surface area contributed by atoms with Crippen LogP contribution < -0.4 is 15.8 Å². The predicted molar refractivity (Wildman–Crippen MR) is 119 cm³/mol. The molecular weight excluding hydrogens is 489 g/mol. The van der Waals surface area contributed by atoms with Crippen molar-refractivity contribution in [2.24, 2.45) is 11.7 Å². The third-order valence-corrected chi connectivity index (χ3v) is 5.17. The number of aromatic nitrogens is 3. The van der Waals surface area contributed by atoms with Crippen molar-refractivity contribution in [3.8, 4) is 17.1 Å². The average Bonchev–Trinajstić information content (AvgIpc) is 2.84. The van der Waals surface area contributed by atoms with E-state index in [4.69, 9.17) is 10.5 Å². The topological polar surface area (TPSA) is 123 Å². The Balaban J connectivity index is 2.06. The van der Waals surface area contributed by atoms with Gasteiger partial charge in [0.05, 0.1) is 36.2 Å². The Bertz CT molecular complexity index is 1210. The van der Waals surface area contributed by atoms with Crippen molar-refractivity contribution >= 4 is 11.6 Å². The average molecular weight is 511 g/mol. The minimum Gasteiger partial charge on any atom is -0.476 e. The van der Waals surface area contributed by atoms with Crippen LogP contribution in [-0.4, -0.2) is 45.7 Å². The fraction of sp³-hybridized carbons (Fsp3) is 0.304. The molecule has 3 aromatic rings. The zero-order chi connectivity index (χ0) is 26.5. The first-order valence-electron chi connectivity index (χ1n) is 10.7. The highest BCUT2D eigenvalue weighted by molar-refractivity contribution is 6.04. The number of aliphatic hydroxyl groups is 1. The molecule has 3 rings (SSSR count). The van der Waals surface area contributed by atoms with Crippen molar-refractivity contribution in [2.45, 2.75) is 19.5 Å². The minimum atomic E-state index is -5.00. The van der Waals surface area contributed by atoms with Crippen molar-refractivity contribution in [1.29, 1.82) is 0 Å². The molecule has 0 spiro atoms. The summed E-state index contributed by atoms with van der Waals surface area (Å²) in [4.78, 5) is 24.6. The second kappa shape index (κ2) is 11.4. The summed E-state index contributed by atoms with van der Waals surface area (Å²) in [7, 11) is 0. The number of halogens is 5. The number of nitrogens with one attached hydrogen (secondary N) is 1. The highest BCUT2D eigenvalue weighted by atomic mass is 19.4. The van der Waals surface area contributed by atoms with Gasteiger partial charge in [0.1, 0.15) is 29.3 Å². The number of amides is 1. The molecule has 0 radical (unpaired) electrons. The highest BCUT2D eigenvalue weighted by Gasteiger charge is 2.37. The van der Waals surface area contributed by atoms with Crippen LogP contribution in [0.25, 0.3) is 11.3 Å². The molecule has 1 amide bonds. The zero-order valence-electron chi connectivity index (χ0n) is 18.9. The molecule has 8 nitrogen and oxygen atoms in total. The first-order valence-corrected chi connectivity index (χ1v) is 10.7. The van der Waals surface area contributed by atoms with Crippen LogP contribution in [0.2, 0.25) is 0 Å². The van der Waals surface area contributed by atoms with Crippen molar-refractivity contribution in [3.63, 3.8) is 0 Å². The van der Waals surface area contributed by atoms with E-state index in [1.165, 1.54) is 13.1 Å². The number of aryl methyl sites for hydroxylation is 1. The monoisotopic (exact) mass is 511 g/mol. The Morgan fingerprint density at radius 2 is 1.94 bits per heavy atom. The van der Waals surface area contributed by atoms with Crippen LogP contribution >= 0.6 is 0 Å². The summed E-state index contributed by atoms with van der Waals surface area (Å²) < 4.78 is 75.8. The standard InChI is InChI=1S/C23H22F5N5O3/c1-2-13-6-14(23(26,27)28)20(18-15(24)4-3-5-16(18)25)33-19(13)21(35)32-17-8-30-11-31-22(17)36-10-12(7-29)9-34/h3-6,8,11-12,34H,2,7,9-10,29H2,1H3,(H,32,35). The summed E-state index contributed by atoms with van der Waals surface area (Å²) in [6, 6.07) is 3.23. The Morgan fingerprint density at radius 3 is 2.53 bits per heavy atom. The molecule has 1 unspecified atom stereocenters. The Hall–Kier alpha value is -3.71. The van der Waals surface area contributed by atoms with Gasteiger partial charge < -0.3 is 20.9 Å². The second-order valence-corrected chi connectivity index (χ2v) is 7.63. The van der Waals surface area contributed by atoms with E-state index >= 15 is 0 Å². The summed E-state index contributed by atoms with van der Waals surface area (Å²) in [5.74, 6) is -4.01. The lowest BCUT2D eigenvalue weighted by Crippen LogP contribution is -2.25. The molecule has 1 atom stereocenters. The number of nitrogens with zero attached hydrogens (tertiary/aromatic N) is 3. The Kier molecular flexibility index (Phi) is 8.48. The maximum absolute atomic E-state index is 14.4. The molecule has 0 aliphatic carbocycles. The van der Waals surface area contributed by atoms with Crippen LogP contribution in [-0.2, 0) is 12.6 Å². The maximum atomic E-state index is 14.4. The SMILES string of the molecule is CCc1cc(C(F)(F)F)c(-c2c(F)cccc2F)nc1C(=O)Nc1cncnc1OCC(CN)CO. The molecule has 2 heterocycles. The largest absolute Gasteiger partial charge is 0.476 e. The first-order chi connectivity index (χ1) is 17.1. The van der Waals surface area contributed by atoms with E-state index in [1.807, 2.05) is 0 Å². The number of alkyl halides is 3. The normalized spacial score (nSPS) is 12.3. The number of nitrogens with two attached hydrogens (primary N) is 1. The van der Waals surface area contributed by atoms with Gasteiger partial charge in [0.25, 0.3) is 5.91 Å². The van der Waals surface area contributed by atoms with E-state index in [1.54, 1.807) is 0 Å². The van der Waals surface area contributed by atoms with E-state index < -0.39 is 52.2 Å². The molecule has 0 fully saturated rings. The molecule has 2 aromatic heterocycles. The number of pyridine rings is 1. The lowest BCUT2D eigenvalue weighted by Gasteiger charge is -2.18. The molecular formula is C23H22F5N5O3. The molecule has 36 heavy (non-hydrogen) atoms. The highest BCUT2D eigenvalue weighted by Crippen LogP contribution is 2.39. The molecule has 192 valence electrons. The van der Waals surface area contributed by atoms with Gasteiger partial charge in [-0.1, -0.05) is 13.0 Å². The summed E-state index contributed by atoms with van der Waals surface area (Å²) >= 11 is 0. The molecule has 1 aromatic carbocycles. The maximum Gasteiger partial charge on any atom is 0.418 e. The summed E-state index contributed by atoms with van der Waals surface area (Å²) in [6.07, 6.45) is -2.73. The Labute approximate surface area is 202 Å². The van der Waals surface area contributed by atoms with Gasteiger partial charge in [-0.2, -0.15) is 18.2 Å². The molecule has 4 N–H and O–H groups in total. The Morgan fingerprint density at radius 1 is 1.25 bits per heavy atom. The van der Waals surface area contributed by atoms with Crippen LogP contribution in [0, 0.1) is 17.6 Å². The zero-order valence-corrected chi connectivity index (χ0v) is 18.9. The quantitative estimate of drug-likeness (QED) is 0.375. The molecule has 13 heteroatoms.